The summed E-state index contributed by atoms with van der Waals surface area (Å²) in [5, 5.41) is 0. The van der Waals surface area contributed by atoms with Crippen molar-refractivity contribution in [2.75, 3.05) is 21.3 Å². The van der Waals surface area contributed by atoms with Crippen LogP contribution in [0.5, 0.6) is 17.2 Å². The summed E-state index contributed by atoms with van der Waals surface area (Å²) in [5.41, 5.74) is 8.16. The SMILES string of the molecule is COc1ccc(C(N)c2c(OC)cccc2OC)cc1Br. The van der Waals surface area contributed by atoms with Crippen molar-refractivity contribution in [3.63, 3.8) is 0 Å². The molecule has 0 spiro atoms. The highest BCUT2D eigenvalue weighted by Crippen LogP contribution is 2.37. The van der Waals surface area contributed by atoms with Crippen molar-refractivity contribution in [3.05, 3.63) is 52.0 Å². The number of benzene rings is 2. The van der Waals surface area contributed by atoms with Gasteiger partial charge in [0.25, 0.3) is 0 Å². The average Bonchev–Trinajstić information content (AvgIpc) is 2.53. The Bertz CT molecular complexity index is 609. The van der Waals surface area contributed by atoms with E-state index < -0.39 is 0 Å². The molecule has 4 nitrogen and oxygen atoms in total. The Morgan fingerprint density at radius 3 is 1.95 bits per heavy atom. The first kappa shape index (κ1) is 15.7. The fraction of sp³-hybridized carbons (Fsp3) is 0.250. The minimum atomic E-state index is -0.363. The smallest absolute Gasteiger partial charge is 0.133 e. The first-order chi connectivity index (χ1) is 10.1. The van der Waals surface area contributed by atoms with Crippen molar-refractivity contribution >= 4 is 15.9 Å². The lowest BCUT2D eigenvalue weighted by Gasteiger charge is -2.19. The molecule has 0 saturated heterocycles. The van der Waals surface area contributed by atoms with Gasteiger partial charge >= 0.3 is 0 Å². The van der Waals surface area contributed by atoms with E-state index >= 15 is 0 Å². The molecule has 0 fully saturated rings. The number of hydrogen-bond acceptors (Lipinski definition) is 4. The van der Waals surface area contributed by atoms with E-state index in [-0.39, 0.29) is 6.04 Å². The summed E-state index contributed by atoms with van der Waals surface area (Å²) in [6.45, 7) is 0. The Morgan fingerprint density at radius 2 is 1.48 bits per heavy atom. The maximum absolute atomic E-state index is 6.41. The summed E-state index contributed by atoms with van der Waals surface area (Å²) < 4.78 is 16.9. The first-order valence-electron chi connectivity index (χ1n) is 6.42. The molecule has 0 aliphatic carbocycles. The third kappa shape index (κ3) is 3.14. The van der Waals surface area contributed by atoms with Gasteiger partial charge in [0.15, 0.2) is 0 Å². The summed E-state index contributed by atoms with van der Waals surface area (Å²) in [5.74, 6) is 2.17. The normalized spacial score (nSPS) is 11.9. The Hall–Kier alpha value is -1.72. The summed E-state index contributed by atoms with van der Waals surface area (Å²) in [6, 6.07) is 11.0. The van der Waals surface area contributed by atoms with Gasteiger partial charge in [-0.1, -0.05) is 12.1 Å². The Kier molecular flexibility index (Phi) is 5.09. The van der Waals surface area contributed by atoms with Gasteiger partial charge in [0.1, 0.15) is 17.2 Å². The molecule has 21 heavy (non-hydrogen) atoms. The molecule has 0 saturated carbocycles. The monoisotopic (exact) mass is 351 g/mol. The zero-order valence-electron chi connectivity index (χ0n) is 12.2. The lowest BCUT2D eigenvalue weighted by molar-refractivity contribution is 0.382. The molecule has 2 aromatic rings. The van der Waals surface area contributed by atoms with Crippen LogP contribution in [0.4, 0.5) is 0 Å². The highest BCUT2D eigenvalue weighted by atomic mass is 79.9. The van der Waals surface area contributed by atoms with Crippen LogP contribution in [-0.2, 0) is 0 Å². The molecule has 2 aromatic carbocycles. The van der Waals surface area contributed by atoms with E-state index in [1.54, 1.807) is 21.3 Å². The van der Waals surface area contributed by atoms with Crippen LogP contribution in [0.3, 0.4) is 0 Å². The van der Waals surface area contributed by atoms with Gasteiger partial charge in [0, 0.05) is 0 Å². The van der Waals surface area contributed by atoms with Gasteiger partial charge in [-0.3, -0.25) is 0 Å². The molecule has 0 radical (unpaired) electrons. The van der Waals surface area contributed by atoms with E-state index in [9.17, 15) is 0 Å². The zero-order chi connectivity index (χ0) is 15.4. The molecule has 112 valence electrons. The van der Waals surface area contributed by atoms with Crippen molar-refractivity contribution in [3.8, 4) is 17.2 Å². The highest BCUT2D eigenvalue weighted by molar-refractivity contribution is 9.10. The molecule has 2 rings (SSSR count). The van der Waals surface area contributed by atoms with E-state index in [4.69, 9.17) is 19.9 Å². The van der Waals surface area contributed by atoms with Crippen LogP contribution in [0.25, 0.3) is 0 Å². The second-order valence-electron chi connectivity index (χ2n) is 4.45. The predicted octanol–water partition coefficient (Wildman–Crippen LogP) is 3.52. The van der Waals surface area contributed by atoms with Crippen LogP contribution in [0, 0.1) is 0 Å². The Balaban J connectivity index is 2.49. The quantitative estimate of drug-likeness (QED) is 0.895. The summed E-state index contributed by atoms with van der Waals surface area (Å²) in [7, 11) is 4.87. The van der Waals surface area contributed by atoms with Crippen molar-refractivity contribution in [2.45, 2.75) is 6.04 Å². The lowest BCUT2D eigenvalue weighted by Crippen LogP contribution is -2.14. The zero-order valence-corrected chi connectivity index (χ0v) is 13.8. The van der Waals surface area contributed by atoms with Crippen LogP contribution < -0.4 is 19.9 Å². The molecule has 0 aliphatic heterocycles. The average molecular weight is 352 g/mol. The summed E-state index contributed by atoms with van der Waals surface area (Å²) >= 11 is 3.48. The maximum atomic E-state index is 6.41. The molecule has 0 aromatic heterocycles. The van der Waals surface area contributed by atoms with E-state index in [0.717, 1.165) is 21.3 Å². The van der Waals surface area contributed by atoms with Crippen molar-refractivity contribution < 1.29 is 14.2 Å². The molecule has 0 bridgehead atoms. The third-order valence-electron chi connectivity index (χ3n) is 3.31. The fourth-order valence-corrected chi connectivity index (χ4v) is 2.79. The molecule has 0 amide bonds. The van der Waals surface area contributed by atoms with E-state index in [1.807, 2.05) is 36.4 Å². The van der Waals surface area contributed by atoms with Gasteiger partial charge in [0.05, 0.1) is 37.4 Å². The van der Waals surface area contributed by atoms with E-state index in [0.29, 0.717) is 11.5 Å². The lowest BCUT2D eigenvalue weighted by atomic mass is 9.97. The minimum absolute atomic E-state index is 0.363. The molecule has 0 heterocycles. The number of rotatable bonds is 5. The molecule has 2 N–H and O–H groups in total. The molecular weight excluding hydrogens is 334 g/mol. The minimum Gasteiger partial charge on any atom is -0.496 e. The summed E-state index contributed by atoms with van der Waals surface area (Å²) in [4.78, 5) is 0. The van der Waals surface area contributed by atoms with Gasteiger partial charge in [-0.25, -0.2) is 0 Å². The van der Waals surface area contributed by atoms with E-state index in [2.05, 4.69) is 15.9 Å². The topological polar surface area (TPSA) is 53.7 Å². The number of halogens is 1. The first-order valence-corrected chi connectivity index (χ1v) is 7.21. The van der Waals surface area contributed by atoms with Crippen LogP contribution in [0.2, 0.25) is 0 Å². The van der Waals surface area contributed by atoms with Gasteiger partial charge in [0.2, 0.25) is 0 Å². The van der Waals surface area contributed by atoms with E-state index in [1.165, 1.54) is 0 Å². The molecule has 1 atom stereocenters. The molecule has 0 aliphatic rings. The van der Waals surface area contributed by atoms with Crippen molar-refractivity contribution in [1.82, 2.24) is 0 Å². The van der Waals surface area contributed by atoms with Gasteiger partial charge < -0.3 is 19.9 Å². The number of methoxy groups -OCH3 is 3. The second-order valence-corrected chi connectivity index (χ2v) is 5.30. The largest absolute Gasteiger partial charge is 0.496 e. The molecule has 1 unspecified atom stereocenters. The number of ether oxygens (including phenoxy) is 3. The Morgan fingerprint density at radius 1 is 0.905 bits per heavy atom. The fourth-order valence-electron chi connectivity index (χ4n) is 2.23. The van der Waals surface area contributed by atoms with Gasteiger partial charge in [-0.15, -0.1) is 0 Å². The maximum Gasteiger partial charge on any atom is 0.133 e. The van der Waals surface area contributed by atoms with Crippen LogP contribution >= 0.6 is 15.9 Å². The Labute approximate surface area is 132 Å². The van der Waals surface area contributed by atoms with Gasteiger partial charge in [-0.05, 0) is 45.8 Å². The predicted molar refractivity (Wildman–Crippen MR) is 86.3 cm³/mol. The van der Waals surface area contributed by atoms with Gasteiger partial charge in [-0.2, -0.15) is 0 Å². The van der Waals surface area contributed by atoms with Crippen molar-refractivity contribution in [1.29, 1.82) is 0 Å². The number of nitrogens with two attached hydrogens (primary N) is 1. The molecule has 5 heteroatoms. The number of hydrogen-bond donors (Lipinski definition) is 1. The van der Waals surface area contributed by atoms with Crippen LogP contribution in [0.1, 0.15) is 17.2 Å². The molecular formula is C16H18BrNO3. The summed E-state index contributed by atoms with van der Waals surface area (Å²) in [6.07, 6.45) is 0. The third-order valence-corrected chi connectivity index (χ3v) is 3.93. The standard InChI is InChI=1S/C16H18BrNO3/c1-19-12-8-7-10(9-11(12)17)16(18)15-13(20-2)5-4-6-14(15)21-3/h4-9,16H,18H2,1-3H3. The highest BCUT2D eigenvalue weighted by Gasteiger charge is 2.20. The van der Waals surface area contributed by atoms with Crippen molar-refractivity contribution in [2.24, 2.45) is 5.73 Å². The van der Waals surface area contributed by atoms with Crippen LogP contribution in [-0.4, -0.2) is 21.3 Å². The second kappa shape index (κ2) is 6.83. The van der Waals surface area contributed by atoms with Crippen LogP contribution in [0.15, 0.2) is 40.9 Å².